The molecule has 2 N–H and O–H groups in total. The molecule has 1 atom stereocenters. The van der Waals surface area contributed by atoms with Gasteiger partial charge in [0.2, 0.25) is 0 Å². The number of ether oxygens (including phenoxy) is 1. The molecule has 1 fully saturated rings. The van der Waals surface area contributed by atoms with E-state index >= 15 is 0 Å². The minimum absolute atomic E-state index is 0.279. The van der Waals surface area contributed by atoms with E-state index in [4.69, 9.17) is 10.5 Å². The number of rotatable bonds is 5. The standard InChI is InChI=1S/C15H24N2OS/c1-2-18-15-7-4-3-6-13(15)14(12-16)17-8-5-10-19-11-9-17/h3-4,6-7,14H,2,5,8-12,16H2,1H3. The van der Waals surface area contributed by atoms with E-state index in [0.717, 1.165) is 18.8 Å². The first-order valence-corrected chi connectivity index (χ1v) is 8.26. The first-order chi connectivity index (χ1) is 9.36. The van der Waals surface area contributed by atoms with Gasteiger partial charge in [-0.05, 0) is 31.7 Å². The number of hydrogen-bond donors (Lipinski definition) is 1. The average molecular weight is 280 g/mol. The van der Waals surface area contributed by atoms with Gasteiger partial charge >= 0.3 is 0 Å². The Morgan fingerprint density at radius 1 is 1.32 bits per heavy atom. The summed E-state index contributed by atoms with van der Waals surface area (Å²) in [6.45, 7) is 5.62. The fraction of sp³-hybridized carbons (Fsp3) is 0.600. The van der Waals surface area contributed by atoms with Gasteiger partial charge in [0.1, 0.15) is 5.75 Å². The van der Waals surface area contributed by atoms with Gasteiger partial charge in [0.05, 0.1) is 12.6 Å². The summed E-state index contributed by atoms with van der Waals surface area (Å²) >= 11 is 2.04. The maximum absolute atomic E-state index is 6.05. The predicted octanol–water partition coefficient (Wildman–Crippen LogP) is 2.52. The van der Waals surface area contributed by atoms with Crippen LogP contribution in [0.5, 0.6) is 5.75 Å². The van der Waals surface area contributed by atoms with Crippen LogP contribution in [-0.4, -0.2) is 42.6 Å². The number of para-hydroxylation sites is 1. The van der Waals surface area contributed by atoms with Gasteiger partial charge in [0.15, 0.2) is 0 Å². The second-order valence-corrected chi connectivity index (χ2v) is 5.95. The van der Waals surface area contributed by atoms with E-state index in [2.05, 4.69) is 17.0 Å². The van der Waals surface area contributed by atoms with E-state index in [0.29, 0.717) is 13.2 Å². The molecule has 1 unspecified atom stereocenters. The summed E-state index contributed by atoms with van der Waals surface area (Å²) < 4.78 is 5.75. The SMILES string of the molecule is CCOc1ccccc1C(CN)N1CCCSCC1. The van der Waals surface area contributed by atoms with Crippen LogP contribution in [0.3, 0.4) is 0 Å². The highest BCUT2D eigenvalue weighted by Gasteiger charge is 2.22. The van der Waals surface area contributed by atoms with Crippen LogP contribution in [0.1, 0.15) is 24.9 Å². The molecule has 1 aromatic carbocycles. The van der Waals surface area contributed by atoms with Gasteiger partial charge in [-0.3, -0.25) is 4.90 Å². The van der Waals surface area contributed by atoms with Crippen molar-refractivity contribution in [2.75, 3.05) is 37.7 Å². The number of benzene rings is 1. The molecule has 1 aliphatic heterocycles. The fourth-order valence-corrected chi connectivity index (χ4v) is 3.49. The Labute approximate surface area is 120 Å². The summed E-state index contributed by atoms with van der Waals surface area (Å²) in [6, 6.07) is 8.59. The predicted molar refractivity (Wildman–Crippen MR) is 82.9 cm³/mol. The number of nitrogens with zero attached hydrogens (tertiary/aromatic N) is 1. The van der Waals surface area contributed by atoms with Gasteiger partial charge < -0.3 is 10.5 Å². The summed E-state index contributed by atoms with van der Waals surface area (Å²) in [7, 11) is 0. The van der Waals surface area contributed by atoms with Crippen molar-refractivity contribution in [1.29, 1.82) is 0 Å². The molecule has 1 aromatic rings. The van der Waals surface area contributed by atoms with E-state index < -0.39 is 0 Å². The smallest absolute Gasteiger partial charge is 0.124 e. The Hall–Kier alpha value is -0.710. The van der Waals surface area contributed by atoms with Crippen molar-refractivity contribution in [2.24, 2.45) is 5.73 Å². The molecule has 0 bridgehead atoms. The topological polar surface area (TPSA) is 38.5 Å². The molecule has 0 aliphatic carbocycles. The van der Waals surface area contributed by atoms with E-state index in [9.17, 15) is 0 Å². The Morgan fingerprint density at radius 3 is 2.95 bits per heavy atom. The lowest BCUT2D eigenvalue weighted by atomic mass is 10.0. The quantitative estimate of drug-likeness (QED) is 0.899. The molecular weight excluding hydrogens is 256 g/mol. The van der Waals surface area contributed by atoms with Crippen LogP contribution in [0.4, 0.5) is 0 Å². The van der Waals surface area contributed by atoms with Crippen molar-refractivity contribution >= 4 is 11.8 Å². The zero-order valence-electron chi connectivity index (χ0n) is 11.7. The van der Waals surface area contributed by atoms with Crippen molar-refractivity contribution in [3.63, 3.8) is 0 Å². The molecule has 1 aliphatic rings. The van der Waals surface area contributed by atoms with Crippen LogP contribution in [0, 0.1) is 0 Å². The van der Waals surface area contributed by atoms with Crippen LogP contribution >= 0.6 is 11.8 Å². The maximum Gasteiger partial charge on any atom is 0.124 e. The maximum atomic E-state index is 6.05. The van der Waals surface area contributed by atoms with Gasteiger partial charge in [-0.2, -0.15) is 11.8 Å². The largest absolute Gasteiger partial charge is 0.494 e. The molecule has 4 heteroatoms. The van der Waals surface area contributed by atoms with Crippen molar-refractivity contribution < 1.29 is 4.74 Å². The Kier molecular flexibility index (Phi) is 6.01. The third-order valence-electron chi connectivity index (χ3n) is 3.50. The number of nitrogens with two attached hydrogens (primary N) is 1. The highest BCUT2D eigenvalue weighted by Crippen LogP contribution is 2.30. The molecule has 0 saturated carbocycles. The summed E-state index contributed by atoms with van der Waals surface area (Å²) in [6.07, 6.45) is 1.25. The van der Waals surface area contributed by atoms with Gasteiger partial charge in [-0.25, -0.2) is 0 Å². The van der Waals surface area contributed by atoms with Crippen LogP contribution in [0.15, 0.2) is 24.3 Å². The van der Waals surface area contributed by atoms with E-state index in [1.54, 1.807) is 0 Å². The Morgan fingerprint density at radius 2 is 2.16 bits per heavy atom. The lowest BCUT2D eigenvalue weighted by molar-refractivity contribution is 0.211. The third kappa shape index (κ3) is 3.88. The number of hydrogen-bond acceptors (Lipinski definition) is 4. The van der Waals surface area contributed by atoms with E-state index in [-0.39, 0.29) is 6.04 Å². The molecule has 1 saturated heterocycles. The Balaban J connectivity index is 2.20. The van der Waals surface area contributed by atoms with E-state index in [1.165, 1.54) is 23.5 Å². The molecular formula is C15H24N2OS. The van der Waals surface area contributed by atoms with Crippen LogP contribution in [-0.2, 0) is 0 Å². The average Bonchev–Trinajstić information content (AvgIpc) is 2.71. The lowest BCUT2D eigenvalue weighted by Crippen LogP contribution is -2.35. The van der Waals surface area contributed by atoms with Crippen molar-refractivity contribution in [2.45, 2.75) is 19.4 Å². The first-order valence-electron chi connectivity index (χ1n) is 7.10. The summed E-state index contributed by atoms with van der Waals surface area (Å²) in [5.74, 6) is 3.45. The number of thioether (sulfide) groups is 1. The highest BCUT2D eigenvalue weighted by molar-refractivity contribution is 7.99. The van der Waals surface area contributed by atoms with Gasteiger partial charge in [0.25, 0.3) is 0 Å². The molecule has 3 nitrogen and oxygen atoms in total. The molecule has 2 rings (SSSR count). The molecule has 0 aromatic heterocycles. The second-order valence-electron chi connectivity index (χ2n) is 4.72. The summed E-state index contributed by atoms with van der Waals surface area (Å²) in [5, 5.41) is 0. The zero-order valence-corrected chi connectivity index (χ0v) is 12.5. The van der Waals surface area contributed by atoms with Gasteiger partial charge in [-0.1, -0.05) is 18.2 Å². The van der Waals surface area contributed by atoms with E-state index in [1.807, 2.05) is 30.8 Å². The zero-order chi connectivity index (χ0) is 13.5. The normalized spacial score (nSPS) is 18.8. The van der Waals surface area contributed by atoms with Crippen molar-refractivity contribution in [1.82, 2.24) is 4.90 Å². The second kappa shape index (κ2) is 7.78. The van der Waals surface area contributed by atoms with Gasteiger partial charge in [-0.15, -0.1) is 0 Å². The van der Waals surface area contributed by atoms with Crippen molar-refractivity contribution in [3.8, 4) is 5.75 Å². The van der Waals surface area contributed by atoms with Crippen molar-refractivity contribution in [3.05, 3.63) is 29.8 Å². The monoisotopic (exact) mass is 280 g/mol. The Bertz CT molecular complexity index is 378. The summed E-state index contributed by atoms with van der Waals surface area (Å²) in [4.78, 5) is 2.51. The first kappa shape index (κ1) is 14.7. The van der Waals surface area contributed by atoms with Crippen LogP contribution in [0.25, 0.3) is 0 Å². The minimum Gasteiger partial charge on any atom is -0.494 e. The highest BCUT2D eigenvalue weighted by atomic mass is 32.2. The fourth-order valence-electron chi connectivity index (χ4n) is 2.59. The third-order valence-corrected chi connectivity index (χ3v) is 4.55. The molecule has 106 valence electrons. The molecule has 1 heterocycles. The molecule has 0 spiro atoms. The summed E-state index contributed by atoms with van der Waals surface area (Å²) in [5.41, 5.74) is 7.28. The van der Waals surface area contributed by atoms with Crippen LogP contribution < -0.4 is 10.5 Å². The molecule has 19 heavy (non-hydrogen) atoms. The van der Waals surface area contributed by atoms with Crippen LogP contribution in [0.2, 0.25) is 0 Å². The minimum atomic E-state index is 0.279. The molecule has 0 radical (unpaired) electrons. The van der Waals surface area contributed by atoms with Gasteiger partial charge in [0, 0.05) is 24.4 Å². The lowest BCUT2D eigenvalue weighted by Gasteiger charge is -2.30. The molecule has 0 amide bonds.